The van der Waals surface area contributed by atoms with Crippen molar-refractivity contribution in [1.29, 1.82) is 0 Å². The molecule has 0 bridgehead atoms. The summed E-state index contributed by atoms with van der Waals surface area (Å²) in [6, 6.07) is 7.05. The summed E-state index contributed by atoms with van der Waals surface area (Å²) < 4.78 is 5.13. The van der Waals surface area contributed by atoms with Crippen LogP contribution in [0.4, 0.5) is 0 Å². The summed E-state index contributed by atoms with van der Waals surface area (Å²) in [5.41, 5.74) is 0. The molecule has 3 rings (SSSR count). The molecule has 0 saturated heterocycles. The zero-order chi connectivity index (χ0) is 16.8. The zero-order valence-corrected chi connectivity index (χ0v) is 14.6. The van der Waals surface area contributed by atoms with Gasteiger partial charge in [-0.25, -0.2) is 0 Å². The Morgan fingerprint density at radius 3 is 2.75 bits per heavy atom. The average molecular weight is 345 g/mol. The van der Waals surface area contributed by atoms with Gasteiger partial charge >= 0.3 is 0 Å². The Kier molecular flexibility index (Phi) is 5.86. The highest BCUT2D eigenvalue weighted by atomic mass is 32.1. The van der Waals surface area contributed by atoms with Crippen molar-refractivity contribution in [2.24, 2.45) is 5.92 Å². The van der Waals surface area contributed by atoms with E-state index in [2.05, 4.69) is 5.32 Å². The second-order valence-electron chi connectivity index (χ2n) is 6.39. The summed E-state index contributed by atoms with van der Waals surface area (Å²) in [7, 11) is 0. The normalized spacial score (nSPS) is 15.3. The topological polar surface area (TPSA) is 59.3 Å². The molecule has 1 amide bonds. The van der Waals surface area contributed by atoms with Crippen LogP contribution >= 0.6 is 11.3 Å². The monoisotopic (exact) mass is 345 g/mol. The van der Waals surface area contributed by atoms with Crippen molar-refractivity contribution >= 4 is 23.0 Å². The molecule has 1 saturated carbocycles. The highest BCUT2D eigenvalue weighted by molar-refractivity contribution is 7.14. The molecule has 0 spiro atoms. The summed E-state index contributed by atoms with van der Waals surface area (Å²) in [4.78, 5) is 25.8. The molecular weight excluding hydrogens is 322 g/mol. The molecule has 0 unspecified atom stereocenters. The van der Waals surface area contributed by atoms with Gasteiger partial charge in [0.15, 0.2) is 5.76 Å². The molecule has 1 fully saturated rings. The first kappa shape index (κ1) is 17.0. The fourth-order valence-electron chi connectivity index (χ4n) is 3.21. The van der Waals surface area contributed by atoms with Gasteiger partial charge < -0.3 is 9.73 Å². The van der Waals surface area contributed by atoms with Crippen LogP contribution in [0.5, 0.6) is 0 Å². The van der Waals surface area contributed by atoms with Crippen LogP contribution in [0.2, 0.25) is 0 Å². The molecule has 2 aromatic heterocycles. The Morgan fingerprint density at radius 2 is 2.00 bits per heavy atom. The molecule has 0 aliphatic heterocycles. The van der Waals surface area contributed by atoms with Gasteiger partial charge in [-0.05, 0) is 36.6 Å². The highest BCUT2D eigenvalue weighted by Gasteiger charge is 2.16. The zero-order valence-electron chi connectivity index (χ0n) is 13.8. The molecule has 0 aromatic carbocycles. The maximum Gasteiger partial charge on any atom is 0.238 e. The molecule has 1 aliphatic rings. The third kappa shape index (κ3) is 4.57. The van der Waals surface area contributed by atoms with E-state index >= 15 is 0 Å². The Bertz CT molecular complexity index is 669. The molecule has 1 aliphatic carbocycles. The van der Waals surface area contributed by atoms with Gasteiger partial charge in [-0.3, -0.25) is 9.59 Å². The molecule has 128 valence electrons. The van der Waals surface area contributed by atoms with E-state index in [0.717, 1.165) is 17.2 Å². The number of amides is 1. The van der Waals surface area contributed by atoms with Gasteiger partial charge in [-0.1, -0.05) is 32.1 Å². The predicted octanol–water partition coefficient (Wildman–Crippen LogP) is 4.55. The van der Waals surface area contributed by atoms with E-state index in [1.807, 2.05) is 6.07 Å². The number of carbonyl (C=O) groups excluding carboxylic acids is 2. The van der Waals surface area contributed by atoms with E-state index in [1.54, 1.807) is 18.2 Å². The number of nitrogens with one attached hydrogen (secondary N) is 1. The van der Waals surface area contributed by atoms with E-state index in [-0.39, 0.29) is 11.7 Å². The first-order chi connectivity index (χ1) is 11.7. The number of carbonyl (C=O) groups is 2. The minimum Gasteiger partial charge on any atom is -0.461 e. The summed E-state index contributed by atoms with van der Waals surface area (Å²) in [6.07, 6.45) is 9.62. The first-order valence-corrected chi connectivity index (χ1v) is 9.47. The Balaban J connectivity index is 1.43. The van der Waals surface area contributed by atoms with E-state index in [1.165, 1.54) is 49.7 Å². The number of hydrogen-bond acceptors (Lipinski definition) is 4. The van der Waals surface area contributed by atoms with Crippen molar-refractivity contribution in [2.75, 3.05) is 0 Å². The molecule has 4 nitrogen and oxygen atoms in total. The standard InChI is InChI=1S/C19H23NO3S/c21-18(11-8-14-5-2-1-3-6-14)20-13-15-9-10-17(24-15)19(22)16-7-4-12-23-16/h4,7,9-10,12,14H,1-3,5-6,8,11,13H2,(H,20,21). The van der Waals surface area contributed by atoms with Crippen LogP contribution < -0.4 is 5.32 Å². The van der Waals surface area contributed by atoms with Crippen molar-refractivity contribution < 1.29 is 14.0 Å². The van der Waals surface area contributed by atoms with Crippen LogP contribution in [0.3, 0.4) is 0 Å². The van der Waals surface area contributed by atoms with Crippen molar-refractivity contribution in [1.82, 2.24) is 5.32 Å². The lowest BCUT2D eigenvalue weighted by Crippen LogP contribution is -2.23. The minimum atomic E-state index is -0.111. The van der Waals surface area contributed by atoms with Gasteiger partial charge in [0.1, 0.15) is 0 Å². The summed E-state index contributed by atoms with van der Waals surface area (Å²) in [5.74, 6) is 1.07. The minimum absolute atomic E-state index is 0.105. The lowest BCUT2D eigenvalue weighted by molar-refractivity contribution is -0.121. The summed E-state index contributed by atoms with van der Waals surface area (Å²) >= 11 is 1.40. The van der Waals surface area contributed by atoms with Gasteiger partial charge in [0.05, 0.1) is 17.7 Å². The fourth-order valence-corrected chi connectivity index (χ4v) is 4.10. The number of rotatable bonds is 7. The van der Waals surface area contributed by atoms with Gasteiger partial charge in [-0.15, -0.1) is 11.3 Å². The van der Waals surface area contributed by atoms with Gasteiger partial charge in [-0.2, -0.15) is 0 Å². The molecule has 0 radical (unpaired) electrons. The molecule has 0 atom stereocenters. The van der Waals surface area contributed by atoms with E-state index in [0.29, 0.717) is 23.6 Å². The van der Waals surface area contributed by atoms with Crippen LogP contribution in [-0.2, 0) is 11.3 Å². The second kappa shape index (κ2) is 8.29. The SMILES string of the molecule is O=C(CCC1CCCCC1)NCc1ccc(C(=O)c2ccco2)s1. The molecule has 24 heavy (non-hydrogen) atoms. The summed E-state index contributed by atoms with van der Waals surface area (Å²) in [5, 5.41) is 2.96. The van der Waals surface area contributed by atoms with Gasteiger partial charge in [0.2, 0.25) is 11.7 Å². The lowest BCUT2D eigenvalue weighted by Gasteiger charge is -2.20. The van der Waals surface area contributed by atoms with Crippen molar-refractivity contribution in [3.63, 3.8) is 0 Å². The van der Waals surface area contributed by atoms with Crippen LogP contribution in [0.15, 0.2) is 34.9 Å². The van der Waals surface area contributed by atoms with Crippen molar-refractivity contribution in [2.45, 2.75) is 51.5 Å². The second-order valence-corrected chi connectivity index (χ2v) is 7.56. The number of thiophene rings is 1. The Hall–Kier alpha value is -1.88. The van der Waals surface area contributed by atoms with Crippen LogP contribution in [0.1, 0.15) is 65.3 Å². The first-order valence-electron chi connectivity index (χ1n) is 8.66. The summed E-state index contributed by atoms with van der Waals surface area (Å²) in [6.45, 7) is 0.486. The quantitative estimate of drug-likeness (QED) is 0.749. The van der Waals surface area contributed by atoms with E-state index < -0.39 is 0 Å². The highest BCUT2D eigenvalue weighted by Crippen LogP contribution is 2.27. The Morgan fingerprint density at radius 1 is 1.17 bits per heavy atom. The van der Waals surface area contributed by atoms with Gasteiger partial charge in [0, 0.05) is 11.3 Å². The Labute approximate surface area is 146 Å². The maximum atomic E-state index is 12.2. The van der Waals surface area contributed by atoms with Crippen LogP contribution in [-0.4, -0.2) is 11.7 Å². The third-order valence-electron chi connectivity index (χ3n) is 4.59. The van der Waals surface area contributed by atoms with E-state index in [9.17, 15) is 9.59 Å². The van der Waals surface area contributed by atoms with E-state index in [4.69, 9.17) is 4.42 Å². The number of hydrogen-bond donors (Lipinski definition) is 1. The maximum absolute atomic E-state index is 12.2. The van der Waals surface area contributed by atoms with Crippen molar-refractivity contribution in [3.8, 4) is 0 Å². The predicted molar refractivity (Wildman–Crippen MR) is 94.1 cm³/mol. The molecule has 2 heterocycles. The average Bonchev–Trinajstić information content (AvgIpc) is 3.30. The fraction of sp³-hybridized carbons (Fsp3) is 0.474. The smallest absolute Gasteiger partial charge is 0.238 e. The number of ketones is 1. The molecule has 1 N–H and O–H groups in total. The van der Waals surface area contributed by atoms with Crippen molar-refractivity contribution in [3.05, 3.63) is 46.0 Å². The van der Waals surface area contributed by atoms with Gasteiger partial charge in [0.25, 0.3) is 0 Å². The molecule has 2 aromatic rings. The van der Waals surface area contributed by atoms with Crippen LogP contribution in [0, 0.1) is 5.92 Å². The third-order valence-corrected chi connectivity index (χ3v) is 5.68. The largest absolute Gasteiger partial charge is 0.461 e. The number of furan rings is 1. The lowest BCUT2D eigenvalue weighted by atomic mass is 9.86. The van der Waals surface area contributed by atoms with Crippen LogP contribution in [0.25, 0.3) is 0 Å². The molecule has 5 heteroatoms. The molecular formula is C19H23NO3S.